The van der Waals surface area contributed by atoms with Crippen LogP contribution in [-0.4, -0.2) is 25.0 Å². The van der Waals surface area contributed by atoms with E-state index in [1.807, 2.05) is 0 Å². The highest BCUT2D eigenvalue weighted by molar-refractivity contribution is 6.04. The molecule has 200 valence electrons. The zero-order valence-electron chi connectivity index (χ0n) is 20.7. The zero-order valence-corrected chi connectivity index (χ0v) is 20.7. The van der Waals surface area contributed by atoms with Crippen LogP contribution in [0.1, 0.15) is 41.3 Å². The normalized spacial score (nSPS) is 14.2. The number of piperidine rings is 1. The minimum Gasteiger partial charge on any atom is -0.371 e. The summed E-state index contributed by atoms with van der Waals surface area (Å²) in [6.07, 6.45) is -2.69. The third kappa shape index (κ3) is 6.81. The monoisotopic (exact) mass is 528 g/mol. The van der Waals surface area contributed by atoms with E-state index in [1.165, 1.54) is 30.3 Å². The summed E-state index contributed by atoms with van der Waals surface area (Å²) in [5.41, 5.74) is 0.620. The van der Waals surface area contributed by atoms with Crippen LogP contribution < -0.4 is 20.9 Å². The largest absolute Gasteiger partial charge is 0.418 e. The van der Waals surface area contributed by atoms with Gasteiger partial charge in [0.05, 0.1) is 16.8 Å². The fourth-order valence-corrected chi connectivity index (χ4v) is 4.32. The zero-order chi connectivity index (χ0) is 27.3. The number of rotatable bonds is 6. The van der Waals surface area contributed by atoms with Gasteiger partial charge in [0.15, 0.2) is 0 Å². The molecule has 0 aromatic heterocycles. The van der Waals surface area contributed by atoms with Gasteiger partial charge in [-0.3, -0.25) is 4.79 Å². The Kier molecular flexibility index (Phi) is 8.19. The number of para-hydroxylation sites is 1. The van der Waals surface area contributed by atoms with E-state index in [2.05, 4.69) is 27.8 Å². The number of hydrogen-bond acceptors (Lipinski definition) is 3. The van der Waals surface area contributed by atoms with E-state index in [0.29, 0.717) is 22.7 Å². The lowest BCUT2D eigenvalue weighted by Gasteiger charge is -2.33. The average Bonchev–Trinajstić information content (AvgIpc) is 2.88. The molecule has 0 atom stereocenters. The molecule has 3 aromatic rings. The van der Waals surface area contributed by atoms with Gasteiger partial charge in [0.25, 0.3) is 5.91 Å². The van der Waals surface area contributed by atoms with Crippen LogP contribution >= 0.6 is 0 Å². The van der Waals surface area contributed by atoms with Crippen molar-refractivity contribution in [3.63, 3.8) is 0 Å². The second kappa shape index (κ2) is 11.5. The second-order valence-corrected chi connectivity index (χ2v) is 9.33. The number of nitrogens with one attached hydrogen (secondary N) is 3. The summed E-state index contributed by atoms with van der Waals surface area (Å²) >= 11 is 0. The van der Waals surface area contributed by atoms with Crippen LogP contribution in [0.3, 0.4) is 0 Å². The summed E-state index contributed by atoms with van der Waals surface area (Å²) in [6.45, 7) is 3.87. The topological polar surface area (TPSA) is 73.5 Å². The maximum atomic E-state index is 13.3. The molecule has 3 N–H and O–H groups in total. The second-order valence-electron chi connectivity index (χ2n) is 9.33. The van der Waals surface area contributed by atoms with E-state index in [1.54, 1.807) is 24.3 Å². The van der Waals surface area contributed by atoms with Crippen molar-refractivity contribution < 1.29 is 27.2 Å². The van der Waals surface area contributed by atoms with Gasteiger partial charge in [-0.1, -0.05) is 31.2 Å². The number of anilines is 3. The number of nitrogens with zero attached hydrogens (tertiary/aromatic N) is 1. The summed E-state index contributed by atoms with van der Waals surface area (Å²) < 4.78 is 53.1. The van der Waals surface area contributed by atoms with E-state index in [-0.39, 0.29) is 23.7 Å². The molecule has 38 heavy (non-hydrogen) atoms. The molecule has 0 radical (unpaired) electrons. The Bertz CT molecular complexity index is 1290. The lowest BCUT2D eigenvalue weighted by molar-refractivity contribution is -0.136. The molecule has 1 aliphatic heterocycles. The molecule has 6 nitrogen and oxygen atoms in total. The maximum Gasteiger partial charge on any atom is 0.418 e. The molecule has 1 saturated heterocycles. The van der Waals surface area contributed by atoms with Gasteiger partial charge in [-0.2, -0.15) is 13.2 Å². The SMILES string of the molecule is CC1CCN(c2ccc(NC(=O)Nc3ccccc3C(F)(F)F)cc2C(=O)NCc2ccc(F)cc2)CC1. The van der Waals surface area contributed by atoms with E-state index >= 15 is 0 Å². The number of alkyl halides is 3. The molecule has 1 fully saturated rings. The van der Waals surface area contributed by atoms with Crippen LogP contribution in [0.4, 0.5) is 39.4 Å². The van der Waals surface area contributed by atoms with Gasteiger partial charge >= 0.3 is 12.2 Å². The van der Waals surface area contributed by atoms with Gasteiger partial charge in [0, 0.05) is 31.0 Å². The molecule has 1 aliphatic rings. The van der Waals surface area contributed by atoms with Crippen molar-refractivity contribution in [3.8, 4) is 0 Å². The summed E-state index contributed by atoms with van der Waals surface area (Å²) in [4.78, 5) is 27.9. The fourth-order valence-electron chi connectivity index (χ4n) is 4.32. The van der Waals surface area contributed by atoms with Crippen molar-refractivity contribution in [2.45, 2.75) is 32.5 Å². The molecule has 10 heteroatoms. The Morgan fingerprint density at radius 2 is 1.63 bits per heavy atom. The first-order chi connectivity index (χ1) is 18.1. The van der Waals surface area contributed by atoms with Crippen LogP contribution in [0.15, 0.2) is 66.7 Å². The molecule has 0 spiro atoms. The highest BCUT2D eigenvalue weighted by Gasteiger charge is 2.33. The molecule has 0 aliphatic carbocycles. The molecule has 1 heterocycles. The van der Waals surface area contributed by atoms with Crippen molar-refractivity contribution in [1.82, 2.24) is 5.32 Å². The van der Waals surface area contributed by atoms with Gasteiger partial charge in [0.2, 0.25) is 0 Å². The molecular weight excluding hydrogens is 500 g/mol. The molecule has 0 unspecified atom stereocenters. The molecule has 3 amide bonds. The third-order valence-electron chi connectivity index (χ3n) is 6.47. The van der Waals surface area contributed by atoms with Crippen molar-refractivity contribution in [2.24, 2.45) is 5.92 Å². The minimum absolute atomic E-state index is 0.169. The van der Waals surface area contributed by atoms with Gasteiger partial charge in [-0.15, -0.1) is 0 Å². The van der Waals surface area contributed by atoms with Gasteiger partial charge in [-0.05, 0) is 66.8 Å². The Labute approximate surface area is 218 Å². The number of hydrogen-bond donors (Lipinski definition) is 3. The Balaban J connectivity index is 1.54. The quantitative estimate of drug-likeness (QED) is 0.314. The molecule has 0 bridgehead atoms. The van der Waals surface area contributed by atoms with Crippen molar-refractivity contribution in [1.29, 1.82) is 0 Å². The number of halogens is 4. The number of carbonyl (C=O) groups is 2. The summed E-state index contributed by atoms with van der Waals surface area (Å²) in [6, 6.07) is 14.4. The van der Waals surface area contributed by atoms with Crippen molar-refractivity contribution in [2.75, 3.05) is 28.6 Å². The van der Waals surface area contributed by atoms with Crippen LogP contribution in [-0.2, 0) is 12.7 Å². The highest BCUT2D eigenvalue weighted by atomic mass is 19.4. The number of urea groups is 1. The van der Waals surface area contributed by atoms with E-state index in [4.69, 9.17) is 0 Å². The Hall–Kier alpha value is -4.08. The van der Waals surface area contributed by atoms with Crippen molar-refractivity contribution in [3.05, 3.63) is 89.2 Å². The summed E-state index contributed by atoms with van der Waals surface area (Å²) in [5.74, 6) is -0.197. The predicted octanol–water partition coefficient (Wildman–Crippen LogP) is 6.65. The average molecular weight is 529 g/mol. The summed E-state index contributed by atoms with van der Waals surface area (Å²) in [7, 11) is 0. The Morgan fingerprint density at radius 1 is 0.947 bits per heavy atom. The van der Waals surface area contributed by atoms with E-state index in [9.17, 15) is 27.2 Å². The van der Waals surface area contributed by atoms with Crippen molar-refractivity contribution >= 4 is 29.0 Å². The lowest BCUT2D eigenvalue weighted by atomic mass is 9.97. The standard InChI is InChI=1S/C28H28F4N4O2/c1-18-12-14-36(15-13-18)25-11-10-21(16-22(25)26(37)33-17-19-6-8-20(29)9-7-19)34-27(38)35-24-5-3-2-4-23(24)28(30,31)32/h2-11,16,18H,12-15,17H2,1H3,(H,33,37)(H2,34,35,38). The Morgan fingerprint density at radius 3 is 2.32 bits per heavy atom. The number of benzene rings is 3. The van der Waals surface area contributed by atoms with Crippen LogP contribution in [0.5, 0.6) is 0 Å². The minimum atomic E-state index is -4.63. The fraction of sp³-hybridized carbons (Fsp3) is 0.286. The van der Waals surface area contributed by atoms with Crippen LogP contribution in [0.2, 0.25) is 0 Å². The molecular formula is C28H28F4N4O2. The molecule has 3 aromatic carbocycles. The van der Waals surface area contributed by atoms with E-state index < -0.39 is 23.7 Å². The molecule has 4 rings (SSSR count). The van der Waals surface area contributed by atoms with Gasteiger partial charge in [-0.25, -0.2) is 9.18 Å². The number of carbonyl (C=O) groups excluding carboxylic acids is 2. The first-order valence-corrected chi connectivity index (χ1v) is 12.3. The first kappa shape index (κ1) is 27.0. The van der Waals surface area contributed by atoms with E-state index in [0.717, 1.165) is 38.1 Å². The van der Waals surface area contributed by atoms with Crippen LogP contribution in [0.25, 0.3) is 0 Å². The van der Waals surface area contributed by atoms with Gasteiger partial charge < -0.3 is 20.9 Å². The smallest absolute Gasteiger partial charge is 0.371 e. The predicted molar refractivity (Wildman–Crippen MR) is 139 cm³/mol. The lowest BCUT2D eigenvalue weighted by Crippen LogP contribution is -2.35. The number of amides is 3. The maximum absolute atomic E-state index is 13.3. The third-order valence-corrected chi connectivity index (χ3v) is 6.47. The highest BCUT2D eigenvalue weighted by Crippen LogP contribution is 2.35. The van der Waals surface area contributed by atoms with Gasteiger partial charge in [0.1, 0.15) is 5.82 Å². The molecule has 0 saturated carbocycles. The van der Waals surface area contributed by atoms with Crippen LogP contribution in [0, 0.1) is 11.7 Å². The first-order valence-electron chi connectivity index (χ1n) is 12.3. The summed E-state index contributed by atoms with van der Waals surface area (Å²) in [5, 5.41) is 7.59.